The summed E-state index contributed by atoms with van der Waals surface area (Å²) in [6.45, 7) is 5.24. The molecule has 0 amide bonds. The number of anilines is 2. The van der Waals surface area contributed by atoms with Gasteiger partial charge in [0.1, 0.15) is 5.75 Å². The summed E-state index contributed by atoms with van der Waals surface area (Å²) < 4.78 is 11.3. The Morgan fingerprint density at radius 2 is 2.15 bits per heavy atom. The van der Waals surface area contributed by atoms with Crippen LogP contribution in [0.25, 0.3) is 0 Å². The number of methoxy groups -OCH3 is 1. The van der Waals surface area contributed by atoms with Crippen molar-refractivity contribution in [2.24, 2.45) is 0 Å². The van der Waals surface area contributed by atoms with Crippen molar-refractivity contribution in [3.63, 3.8) is 0 Å². The van der Waals surface area contributed by atoms with E-state index in [1.54, 1.807) is 7.11 Å². The Morgan fingerprint density at radius 1 is 1.40 bits per heavy atom. The van der Waals surface area contributed by atoms with Crippen LogP contribution < -0.4 is 15.8 Å². The summed E-state index contributed by atoms with van der Waals surface area (Å²) in [5, 5.41) is 3.59. The first kappa shape index (κ1) is 15.0. The highest BCUT2D eigenvalue weighted by Gasteiger charge is 2.34. The second kappa shape index (κ2) is 6.35. The maximum atomic E-state index is 6.01. The molecule has 4 heteroatoms. The van der Waals surface area contributed by atoms with E-state index in [0.29, 0.717) is 11.7 Å². The molecule has 0 bridgehead atoms. The van der Waals surface area contributed by atoms with Gasteiger partial charge < -0.3 is 20.5 Å². The van der Waals surface area contributed by atoms with Gasteiger partial charge in [-0.15, -0.1) is 0 Å². The topological polar surface area (TPSA) is 56.5 Å². The molecule has 1 atom stereocenters. The molecule has 112 valence electrons. The zero-order valence-electron chi connectivity index (χ0n) is 12.7. The van der Waals surface area contributed by atoms with Crippen molar-refractivity contribution in [2.45, 2.75) is 51.2 Å². The lowest BCUT2D eigenvalue weighted by atomic mass is 9.86. The van der Waals surface area contributed by atoms with Gasteiger partial charge in [-0.2, -0.15) is 0 Å². The van der Waals surface area contributed by atoms with Gasteiger partial charge >= 0.3 is 0 Å². The number of rotatable bonds is 5. The highest BCUT2D eigenvalue weighted by Crippen LogP contribution is 2.33. The third-order valence-electron chi connectivity index (χ3n) is 4.39. The van der Waals surface area contributed by atoms with Crippen molar-refractivity contribution in [3.8, 4) is 5.75 Å². The maximum absolute atomic E-state index is 6.01. The number of nitrogens with two attached hydrogens (primary N) is 1. The van der Waals surface area contributed by atoms with E-state index >= 15 is 0 Å². The number of ether oxygens (including phenoxy) is 2. The van der Waals surface area contributed by atoms with Gasteiger partial charge in [0.15, 0.2) is 0 Å². The number of hydrogen-bond acceptors (Lipinski definition) is 4. The van der Waals surface area contributed by atoms with Crippen LogP contribution in [0.5, 0.6) is 5.75 Å². The molecule has 4 nitrogen and oxygen atoms in total. The summed E-state index contributed by atoms with van der Waals surface area (Å²) in [6, 6.07) is 6.29. The minimum atomic E-state index is 0.0355. The molecular weight excluding hydrogens is 252 g/mol. The second-order valence-electron chi connectivity index (χ2n) is 5.53. The van der Waals surface area contributed by atoms with Crippen molar-refractivity contribution >= 4 is 11.4 Å². The van der Waals surface area contributed by atoms with Crippen LogP contribution in [0.3, 0.4) is 0 Å². The highest BCUT2D eigenvalue weighted by molar-refractivity contribution is 5.61. The quantitative estimate of drug-likeness (QED) is 0.810. The van der Waals surface area contributed by atoms with Gasteiger partial charge in [-0.25, -0.2) is 0 Å². The molecule has 0 spiro atoms. The first-order chi connectivity index (χ1) is 9.62. The van der Waals surface area contributed by atoms with E-state index in [-0.39, 0.29) is 5.60 Å². The number of nitrogens with one attached hydrogen (secondary N) is 1. The number of hydrogen-bond donors (Lipinski definition) is 2. The summed E-state index contributed by atoms with van der Waals surface area (Å²) in [4.78, 5) is 0. The fourth-order valence-electron chi connectivity index (χ4n) is 2.93. The SMILES string of the molecule is CCC1(CC)CC(Nc2ccc(N)c(OC)c2)CCO1. The number of benzene rings is 1. The third kappa shape index (κ3) is 3.18. The molecular formula is C16H26N2O2. The molecule has 0 aromatic heterocycles. The van der Waals surface area contributed by atoms with E-state index in [0.717, 1.165) is 43.7 Å². The molecule has 0 saturated carbocycles. The van der Waals surface area contributed by atoms with E-state index in [9.17, 15) is 0 Å². The van der Waals surface area contributed by atoms with Crippen LogP contribution in [-0.2, 0) is 4.74 Å². The van der Waals surface area contributed by atoms with Crippen LogP contribution >= 0.6 is 0 Å². The molecule has 0 aliphatic carbocycles. The molecule has 1 fully saturated rings. The van der Waals surface area contributed by atoms with Crippen LogP contribution in [-0.4, -0.2) is 25.4 Å². The standard InChI is InChI=1S/C16H26N2O2/c1-4-16(5-2)11-13(8-9-20-16)18-12-6-7-14(17)15(10-12)19-3/h6-7,10,13,18H,4-5,8-9,11,17H2,1-3H3. The molecule has 1 aliphatic rings. The first-order valence-corrected chi connectivity index (χ1v) is 7.46. The van der Waals surface area contributed by atoms with Gasteiger partial charge in [0, 0.05) is 24.4 Å². The van der Waals surface area contributed by atoms with Crippen LogP contribution in [0.2, 0.25) is 0 Å². The molecule has 3 N–H and O–H groups in total. The van der Waals surface area contributed by atoms with Crippen molar-refractivity contribution in [3.05, 3.63) is 18.2 Å². The fourth-order valence-corrected chi connectivity index (χ4v) is 2.93. The van der Waals surface area contributed by atoms with Crippen molar-refractivity contribution in [2.75, 3.05) is 24.8 Å². The Balaban J connectivity index is 2.06. The Kier molecular flexibility index (Phi) is 4.76. The van der Waals surface area contributed by atoms with Crippen LogP contribution in [0.4, 0.5) is 11.4 Å². The first-order valence-electron chi connectivity index (χ1n) is 7.46. The summed E-state index contributed by atoms with van der Waals surface area (Å²) in [5.74, 6) is 0.722. The van der Waals surface area contributed by atoms with Crippen LogP contribution in [0, 0.1) is 0 Å². The molecule has 2 rings (SSSR count). The molecule has 1 unspecified atom stereocenters. The molecule has 0 radical (unpaired) electrons. The number of nitrogen functional groups attached to an aromatic ring is 1. The Morgan fingerprint density at radius 3 is 2.80 bits per heavy atom. The second-order valence-corrected chi connectivity index (χ2v) is 5.53. The van der Waals surface area contributed by atoms with Gasteiger partial charge in [0.05, 0.1) is 18.4 Å². The summed E-state index contributed by atoms with van der Waals surface area (Å²) in [6.07, 6.45) is 4.21. The average Bonchev–Trinajstić information content (AvgIpc) is 2.49. The summed E-state index contributed by atoms with van der Waals surface area (Å²) >= 11 is 0. The third-order valence-corrected chi connectivity index (χ3v) is 4.39. The van der Waals surface area contributed by atoms with E-state index in [1.807, 2.05) is 18.2 Å². The van der Waals surface area contributed by atoms with Gasteiger partial charge in [0.25, 0.3) is 0 Å². The summed E-state index contributed by atoms with van der Waals surface area (Å²) in [7, 11) is 1.64. The molecule has 1 aliphatic heterocycles. The van der Waals surface area contributed by atoms with Crippen molar-refractivity contribution < 1.29 is 9.47 Å². The highest BCUT2D eigenvalue weighted by atomic mass is 16.5. The Hall–Kier alpha value is -1.42. The predicted octanol–water partition coefficient (Wildman–Crippen LogP) is 3.43. The minimum Gasteiger partial charge on any atom is -0.495 e. The van der Waals surface area contributed by atoms with Crippen LogP contribution in [0.15, 0.2) is 18.2 Å². The van der Waals surface area contributed by atoms with Crippen molar-refractivity contribution in [1.29, 1.82) is 0 Å². The minimum absolute atomic E-state index is 0.0355. The lowest BCUT2D eigenvalue weighted by Crippen LogP contribution is -2.43. The Bertz CT molecular complexity index is 444. The van der Waals surface area contributed by atoms with Gasteiger partial charge in [0.2, 0.25) is 0 Å². The molecule has 1 aromatic rings. The largest absolute Gasteiger partial charge is 0.495 e. The smallest absolute Gasteiger partial charge is 0.143 e. The zero-order chi connectivity index (χ0) is 14.6. The lowest BCUT2D eigenvalue weighted by molar-refractivity contribution is -0.0864. The lowest BCUT2D eigenvalue weighted by Gasteiger charge is -2.40. The summed E-state index contributed by atoms with van der Waals surface area (Å²) in [5.41, 5.74) is 7.61. The van der Waals surface area contributed by atoms with Gasteiger partial charge in [-0.05, 0) is 37.8 Å². The monoisotopic (exact) mass is 278 g/mol. The predicted molar refractivity (Wildman–Crippen MR) is 83.3 cm³/mol. The fraction of sp³-hybridized carbons (Fsp3) is 0.625. The van der Waals surface area contributed by atoms with Crippen LogP contribution in [0.1, 0.15) is 39.5 Å². The molecule has 1 aromatic carbocycles. The molecule has 1 heterocycles. The molecule has 1 saturated heterocycles. The van der Waals surface area contributed by atoms with Gasteiger partial charge in [-0.3, -0.25) is 0 Å². The zero-order valence-corrected chi connectivity index (χ0v) is 12.7. The van der Waals surface area contributed by atoms with Crippen molar-refractivity contribution in [1.82, 2.24) is 0 Å². The van der Waals surface area contributed by atoms with E-state index in [4.69, 9.17) is 15.2 Å². The van der Waals surface area contributed by atoms with E-state index < -0.39 is 0 Å². The molecule has 20 heavy (non-hydrogen) atoms. The maximum Gasteiger partial charge on any atom is 0.143 e. The Labute approximate surface area is 121 Å². The van der Waals surface area contributed by atoms with Gasteiger partial charge in [-0.1, -0.05) is 13.8 Å². The van der Waals surface area contributed by atoms with E-state index in [2.05, 4.69) is 19.2 Å². The average molecular weight is 278 g/mol. The normalized spacial score (nSPS) is 21.4. The van der Waals surface area contributed by atoms with E-state index in [1.165, 1.54) is 0 Å².